The lowest BCUT2D eigenvalue weighted by Crippen LogP contribution is -2.19. The molecule has 0 aliphatic rings. The first-order chi connectivity index (χ1) is 19.9. The second kappa shape index (κ2) is 12.2. The molecule has 0 aliphatic heterocycles. The van der Waals surface area contributed by atoms with Crippen molar-refractivity contribution >= 4 is 38.0 Å². The quantitative estimate of drug-likeness (QED) is 0.118. The molecule has 4 aromatic carbocycles. The molecule has 42 heavy (non-hydrogen) atoms. The zero-order chi connectivity index (χ0) is 30.5. The van der Waals surface area contributed by atoms with E-state index in [0.29, 0.717) is 0 Å². The van der Waals surface area contributed by atoms with Crippen molar-refractivity contribution in [2.24, 2.45) is 5.10 Å². The third-order valence-electron chi connectivity index (χ3n) is 5.72. The number of benzene rings is 4. The van der Waals surface area contributed by atoms with Gasteiger partial charge in [-0.05, 0) is 56.3 Å². The predicted octanol–water partition coefficient (Wildman–Crippen LogP) is 4.51. The maximum atomic E-state index is 13.0. The Morgan fingerprint density at radius 3 is 1.93 bits per heavy atom. The van der Waals surface area contributed by atoms with Crippen LogP contribution in [-0.4, -0.2) is 33.9 Å². The van der Waals surface area contributed by atoms with Gasteiger partial charge in [-0.3, -0.25) is 14.9 Å². The summed E-state index contributed by atoms with van der Waals surface area (Å²) in [4.78, 5) is 22.7. The molecule has 216 valence electrons. The largest absolute Gasteiger partial charge is 0.379 e. The van der Waals surface area contributed by atoms with E-state index >= 15 is 0 Å². The number of nitro groups is 1. The van der Waals surface area contributed by atoms with Gasteiger partial charge in [0.1, 0.15) is 21.1 Å². The van der Waals surface area contributed by atoms with Crippen molar-refractivity contribution in [3.8, 4) is 11.5 Å². The highest BCUT2D eigenvalue weighted by Gasteiger charge is 2.22. The van der Waals surface area contributed by atoms with Gasteiger partial charge in [-0.2, -0.15) is 21.9 Å². The van der Waals surface area contributed by atoms with Crippen LogP contribution in [0.25, 0.3) is 0 Å². The van der Waals surface area contributed by atoms with Gasteiger partial charge in [0, 0.05) is 17.7 Å². The third-order valence-corrected chi connectivity index (χ3v) is 8.23. The van der Waals surface area contributed by atoms with Crippen LogP contribution in [0.15, 0.2) is 106 Å². The Kier molecular flexibility index (Phi) is 8.68. The number of carbonyl (C=O) groups is 1. The van der Waals surface area contributed by atoms with E-state index in [9.17, 15) is 31.7 Å². The average Bonchev–Trinajstić information content (AvgIpc) is 2.94. The first kappa shape index (κ1) is 29.9. The first-order valence-corrected chi connectivity index (χ1v) is 14.9. The molecule has 0 radical (unpaired) electrons. The van der Waals surface area contributed by atoms with Crippen LogP contribution in [0.5, 0.6) is 11.5 Å². The Morgan fingerprint density at radius 2 is 1.36 bits per heavy atom. The number of hydrogen-bond donors (Lipinski definition) is 1. The van der Waals surface area contributed by atoms with Gasteiger partial charge in [0.2, 0.25) is 0 Å². The number of nitrogens with zero attached hydrogens (tertiary/aromatic N) is 2. The van der Waals surface area contributed by atoms with Crippen LogP contribution in [0.4, 0.5) is 5.69 Å². The second-order valence-electron chi connectivity index (χ2n) is 8.87. The normalized spacial score (nSPS) is 11.7. The highest BCUT2D eigenvalue weighted by molar-refractivity contribution is 7.87. The number of hydrazone groups is 1. The minimum Gasteiger partial charge on any atom is -0.379 e. The monoisotopic (exact) mass is 609 g/mol. The van der Waals surface area contributed by atoms with Gasteiger partial charge in [-0.15, -0.1) is 0 Å². The molecule has 0 aliphatic carbocycles. The number of nitro benzene ring substituents is 1. The molecule has 0 unspecified atom stereocenters. The molecule has 14 heteroatoms. The Bertz CT molecular complexity index is 1890. The number of para-hydroxylation sites is 1. The van der Waals surface area contributed by atoms with Gasteiger partial charge < -0.3 is 8.37 Å². The molecule has 4 aromatic rings. The summed E-state index contributed by atoms with van der Waals surface area (Å²) in [5.41, 5.74) is 3.12. The highest BCUT2D eigenvalue weighted by Crippen LogP contribution is 2.29. The van der Waals surface area contributed by atoms with E-state index < -0.39 is 36.8 Å². The topological polar surface area (TPSA) is 171 Å². The first-order valence-electron chi connectivity index (χ1n) is 12.1. The van der Waals surface area contributed by atoms with Gasteiger partial charge in [0.15, 0.2) is 5.75 Å². The predicted molar refractivity (Wildman–Crippen MR) is 153 cm³/mol. The lowest BCUT2D eigenvalue weighted by atomic mass is 10.2. The number of nitrogens with one attached hydrogen (secondary N) is 1. The lowest BCUT2D eigenvalue weighted by molar-refractivity contribution is -0.385. The number of amides is 1. The molecule has 0 saturated heterocycles. The molecule has 4 rings (SSSR count). The summed E-state index contributed by atoms with van der Waals surface area (Å²) in [5.74, 6) is -1.51. The van der Waals surface area contributed by atoms with Crippen molar-refractivity contribution < 1.29 is 34.9 Å². The third kappa shape index (κ3) is 7.16. The van der Waals surface area contributed by atoms with Gasteiger partial charge in [0.05, 0.1) is 11.1 Å². The Morgan fingerprint density at radius 1 is 0.810 bits per heavy atom. The fraction of sp³-hybridized carbons (Fsp3) is 0.0714. The summed E-state index contributed by atoms with van der Waals surface area (Å²) < 4.78 is 62.2. The zero-order valence-electron chi connectivity index (χ0n) is 22.1. The van der Waals surface area contributed by atoms with Crippen LogP contribution < -0.4 is 13.8 Å². The number of aryl methyl sites for hydroxylation is 2. The number of hydrogen-bond acceptors (Lipinski definition) is 10. The molecule has 1 N–H and O–H groups in total. The van der Waals surface area contributed by atoms with E-state index in [1.54, 1.807) is 38.1 Å². The fourth-order valence-electron chi connectivity index (χ4n) is 3.54. The molecular weight excluding hydrogens is 586 g/mol. The highest BCUT2D eigenvalue weighted by atomic mass is 32.2. The molecule has 0 bridgehead atoms. The van der Waals surface area contributed by atoms with Crippen LogP contribution in [0.1, 0.15) is 27.0 Å². The Balaban J connectivity index is 1.66. The van der Waals surface area contributed by atoms with E-state index in [1.807, 2.05) is 0 Å². The molecule has 0 atom stereocenters. The van der Waals surface area contributed by atoms with Crippen LogP contribution in [0.3, 0.4) is 0 Å². The summed E-state index contributed by atoms with van der Waals surface area (Å²) in [7, 11) is -8.68. The standard InChI is InChI=1S/C28H23N3O9S2/c1-19-7-13-23(14-8-19)41(35,36)39-22-12-11-21(18-29-30-28(32)25-5-3-4-6-26(25)31(33)34)27(17-22)40-42(37,38)24-15-9-20(2)10-16-24/h3-18H,1-2H3,(H,30,32)/b29-18-. The summed E-state index contributed by atoms with van der Waals surface area (Å²) in [6, 6.07) is 20.5. The van der Waals surface area contributed by atoms with Crippen molar-refractivity contribution in [2.45, 2.75) is 23.6 Å². The fourth-order valence-corrected chi connectivity index (χ4v) is 5.41. The molecular formula is C28H23N3O9S2. The summed E-state index contributed by atoms with van der Waals surface area (Å²) in [5, 5.41) is 15.0. The van der Waals surface area contributed by atoms with E-state index in [2.05, 4.69) is 10.5 Å². The molecule has 1 amide bonds. The maximum Gasteiger partial charge on any atom is 0.339 e. The van der Waals surface area contributed by atoms with Gasteiger partial charge in [-0.1, -0.05) is 47.5 Å². The Labute approximate surface area is 241 Å². The maximum absolute atomic E-state index is 13.0. The molecule has 0 saturated carbocycles. The van der Waals surface area contributed by atoms with Gasteiger partial charge in [0.25, 0.3) is 11.6 Å². The van der Waals surface area contributed by atoms with E-state index in [0.717, 1.165) is 29.5 Å². The van der Waals surface area contributed by atoms with Crippen LogP contribution in [0, 0.1) is 24.0 Å². The van der Waals surface area contributed by atoms with Gasteiger partial charge in [-0.25, -0.2) is 5.43 Å². The SMILES string of the molecule is Cc1ccc(S(=O)(=O)Oc2ccc(/C=N\NC(=O)c3ccccc3[N+](=O)[O-])c(OS(=O)(=O)c3ccc(C)cc3)c2)cc1. The van der Waals surface area contributed by atoms with Crippen molar-refractivity contribution in [2.75, 3.05) is 0 Å². The van der Waals surface area contributed by atoms with Crippen molar-refractivity contribution in [3.63, 3.8) is 0 Å². The minimum atomic E-state index is -4.40. The zero-order valence-corrected chi connectivity index (χ0v) is 23.8. The number of carbonyl (C=O) groups excluding carboxylic acids is 1. The van der Waals surface area contributed by atoms with E-state index in [1.165, 1.54) is 54.6 Å². The molecule has 12 nitrogen and oxygen atoms in total. The average molecular weight is 610 g/mol. The van der Waals surface area contributed by atoms with Crippen molar-refractivity contribution in [3.05, 3.63) is 123 Å². The van der Waals surface area contributed by atoms with Crippen LogP contribution in [0.2, 0.25) is 0 Å². The molecule has 0 spiro atoms. The molecule has 0 heterocycles. The second-order valence-corrected chi connectivity index (χ2v) is 12.0. The lowest BCUT2D eigenvalue weighted by Gasteiger charge is -2.12. The van der Waals surface area contributed by atoms with E-state index in [4.69, 9.17) is 8.37 Å². The van der Waals surface area contributed by atoms with Crippen molar-refractivity contribution in [1.29, 1.82) is 0 Å². The Hall–Kier alpha value is -5.08. The molecule has 0 fully saturated rings. The summed E-state index contributed by atoms with van der Waals surface area (Å²) in [6.45, 7) is 3.57. The summed E-state index contributed by atoms with van der Waals surface area (Å²) in [6.07, 6.45) is 1.03. The van der Waals surface area contributed by atoms with E-state index in [-0.39, 0.29) is 32.4 Å². The molecule has 0 aromatic heterocycles. The van der Waals surface area contributed by atoms with Crippen molar-refractivity contribution in [1.82, 2.24) is 5.43 Å². The van der Waals surface area contributed by atoms with Gasteiger partial charge >= 0.3 is 20.2 Å². The minimum absolute atomic E-state index is 0.00799. The van der Waals surface area contributed by atoms with Crippen LogP contribution >= 0.6 is 0 Å². The smallest absolute Gasteiger partial charge is 0.339 e. The number of rotatable bonds is 10. The van der Waals surface area contributed by atoms with Crippen LogP contribution in [-0.2, 0) is 20.2 Å². The summed E-state index contributed by atoms with van der Waals surface area (Å²) >= 11 is 0.